The van der Waals surface area contributed by atoms with Crippen LogP contribution >= 0.6 is 0 Å². The minimum absolute atomic E-state index is 0.00447. The molecule has 1 saturated heterocycles. The van der Waals surface area contributed by atoms with E-state index in [4.69, 9.17) is 5.73 Å². The third-order valence-electron chi connectivity index (χ3n) is 10.2. The second kappa shape index (κ2) is 12.3. The minimum atomic E-state index is -2.70. The van der Waals surface area contributed by atoms with Crippen LogP contribution in [0.15, 0.2) is 53.3 Å². The Balaban J connectivity index is 1.36. The molecule has 0 unspecified atom stereocenters. The monoisotopic (exact) mass is 644 g/mol. The SMILES string of the molecule is CN(C)[C@@H]1C(=O)C(C(N)=O)=C(O)[C@@]2(O)C(=O)C3=C(O)c4c(O)ccc(-c5cccc(C(=O)NCCN6CCCCC6)c5)c4C[C@H]3C[C@@H]12. The van der Waals surface area contributed by atoms with Gasteiger partial charge in [0.1, 0.15) is 22.8 Å². The Morgan fingerprint density at radius 1 is 1.06 bits per heavy atom. The standard InChI is InChI=1S/C35H40N4O8/c1-38(2)28-23-17-20-16-22-21(18-7-6-8-19(15-18)34(46)37-11-14-39-12-4-3-5-13-39)9-10-24(40)26(22)29(41)25(20)31(43)35(23,47)32(44)27(30(28)42)33(36)45/h6-10,15,20,23,28,40-41,44,47H,3-5,11-14,16-17H2,1-2H3,(H2,36,45)(H,37,46)/t20-,23-,28-,35-/m0/s1. The fraction of sp³-hybridized carbons (Fsp3) is 0.429. The number of ketones is 2. The number of phenolic OH excluding ortho intramolecular Hbond substituents is 1. The van der Waals surface area contributed by atoms with Gasteiger partial charge in [0, 0.05) is 30.1 Å². The number of aliphatic hydroxyl groups is 3. The van der Waals surface area contributed by atoms with Crippen molar-refractivity contribution < 1.29 is 39.6 Å². The average Bonchev–Trinajstić information content (AvgIpc) is 3.03. The van der Waals surface area contributed by atoms with E-state index in [1.807, 2.05) is 6.07 Å². The Morgan fingerprint density at radius 2 is 1.79 bits per heavy atom. The van der Waals surface area contributed by atoms with E-state index in [1.165, 1.54) is 30.2 Å². The van der Waals surface area contributed by atoms with Crippen molar-refractivity contribution in [2.24, 2.45) is 17.6 Å². The summed E-state index contributed by atoms with van der Waals surface area (Å²) in [5.41, 5.74) is 3.87. The van der Waals surface area contributed by atoms with Gasteiger partial charge >= 0.3 is 0 Å². The molecule has 1 saturated carbocycles. The molecule has 0 bridgehead atoms. The Bertz CT molecular complexity index is 1740. The van der Waals surface area contributed by atoms with Crippen LogP contribution in [0.2, 0.25) is 0 Å². The number of nitrogens with one attached hydrogen (secondary N) is 1. The molecule has 248 valence electrons. The lowest BCUT2D eigenvalue weighted by atomic mass is 9.57. The summed E-state index contributed by atoms with van der Waals surface area (Å²) in [6.07, 6.45) is 3.70. The number of likely N-dealkylation sites (tertiary alicyclic amines) is 1. The number of likely N-dealkylation sites (N-methyl/N-ethyl adjacent to an activating group) is 1. The van der Waals surface area contributed by atoms with Gasteiger partial charge in [-0.15, -0.1) is 0 Å². The first kappa shape index (κ1) is 32.4. The van der Waals surface area contributed by atoms with Crippen LogP contribution in [0.25, 0.3) is 16.9 Å². The van der Waals surface area contributed by atoms with E-state index >= 15 is 0 Å². The zero-order valence-electron chi connectivity index (χ0n) is 26.5. The third kappa shape index (κ3) is 5.30. The van der Waals surface area contributed by atoms with Crippen LogP contribution in [-0.4, -0.2) is 106 Å². The largest absolute Gasteiger partial charge is 0.508 e. The van der Waals surface area contributed by atoms with Crippen LogP contribution in [0, 0.1) is 11.8 Å². The van der Waals surface area contributed by atoms with Crippen LogP contribution in [0.3, 0.4) is 0 Å². The number of hydrogen-bond acceptors (Lipinski definition) is 10. The smallest absolute Gasteiger partial charge is 0.255 e. The molecule has 4 aliphatic rings. The molecule has 2 aromatic rings. The van der Waals surface area contributed by atoms with E-state index in [-0.39, 0.29) is 35.6 Å². The van der Waals surface area contributed by atoms with Crippen molar-refractivity contribution >= 4 is 29.1 Å². The van der Waals surface area contributed by atoms with Crippen LogP contribution in [0.4, 0.5) is 0 Å². The highest BCUT2D eigenvalue weighted by Gasteiger charge is 2.64. The van der Waals surface area contributed by atoms with Crippen molar-refractivity contribution in [3.63, 3.8) is 0 Å². The molecular weight excluding hydrogens is 604 g/mol. The molecule has 1 aliphatic heterocycles. The van der Waals surface area contributed by atoms with Crippen LogP contribution in [0.1, 0.15) is 47.2 Å². The number of benzene rings is 2. The van der Waals surface area contributed by atoms with Crippen molar-refractivity contribution in [3.05, 3.63) is 70.0 Å². The molecule has 0 radical (unpaired) electrons. The second-order valence-corrected chi connectivity index (χ2v) is 13.2. The summed E-state index contributed by atoms with van der Waals surface area (Å²) in [6, 6.07) is 8.91. The van der Waals surface area contributed by atoms with Gasteiger partial charge in [-0.05, 0) is 93.7 Å². The van der Waals surface area contributed by atoms with Crippen LogP contribution in [0.5, 0.6) is 5.75 Å². The number of aromatic hydroxyl groups is 1. The zero-order valence-corrected chi connectivity index (χ0v) is 26.5. The summed E-state index contributed by atoms with van der Waals surface area (Å²) >= 11 is 0. The number of Topliss-reactive ketones (excluding diaryl/α,β-unsaturated/α-hetero) is 2. The molecule has 3 aliphatic carbocycles. The maximum atomic E-state index is 14.1. The number of primary amides is 1. The predicted octanol–water partition coefficient (Wildman–Crippen LogP) is 1.85. The van der Waals surface area contributed by atoms with Crippen molar-refractivity contribution in [1.82, 2.24) is 15.1 Å². The second-order valence-electron chi connectivity index (χ2n) is 13.2. The van der Waals surface area contributed by atoms with E-state index in [1.54, 1.807) is 38.4 Å². The third-order valence-corrected chi connectivity index (χ3v) is 10.2. The molecule has 0 aromatic heterocycles. The number of nitrogens with two attached hydrogens (primary N) is 1. The molecule has 0 spiro atoms. The van der Waals surface area contributed by atoms with Crippen molar-refractivity contribution in [3.8, 4) is 16.9 Å². The topological polar surface area (TPSA) is 194 Å². The van der Waals surface area contributed by atoms with Gasteiger partial charge in [0.2, 0.25) is 5.78 Å². The van der Waals surface area contributed by atoms with E-state index in [0.29, 0.717) is 28.8 Å². The van der Waals surface area contributed by atoms with Crippen molar-refractivity contribution in [1.29, 1.82) is 0 Å². The number of carbonyl (C=O) groups is 4. The summed E-state index contributed by atoms with van der Waals surface area (Å²) < 4.78 is 0. The normalized spacial score (nSPS) is 26.2. The van der Waals surface area contributed by atoms with E-state index in [0.717, 1.165) is 19.6 Å². The number of nitrogens with zero attached hydrogens (tertiary/aromatic N) is 2. The summed E-state index contributed by atoms with van der Waals surface area (Å²) in [7, 11) is 3.11. The lowest BCUT2D eigenvalue weighted by Crippen LogP contribution is -2.65. The number of amides is 2. The quantitative estimate of drug-likeness (QED) is 0.242. The van der Waals surface area contributed by atoms with Gasteiger partial charge in [-0.1, -0.05) is 24.6 Å². The first-order valence-electron chi connectivity index (χ1n) is 16.0. The molecule has 2 aromatic carbocycles. The van der Waals surface area contributed by atoms with E-state index in [2.05, 4.69) is 10.2 Å². The Labute approximate surface area is 272 Å². The highest BCUT2D eigenvalue weighted by molar-refractivity contribution is 6.24. The number of fused-ring (bicyclic) bond motifs is 3. The molecule has 47 heavy (non-hydrogen) atoms. The highest BCUT2D eigenvalue weighted by Crippen LogP contribution is 2.53. The van der Waals surface area contributed by atoms with Crippen molar-refractivity contribution in [2.75, 3.05) is 40.3 Å². The summed E-state index contributed by atoms with van der Waals surface area (Å²) in [5, 5.41) is 48.3. The fourth-order valence-corrected chi connectivity index (χ4v) is 7.96. The Morgan fingerprint density at radius 3 is 2.47 bits per heavy atom. The molecular formula is C35H40N4O8. The Hall–Kier alpha value is -4.52. The summed E-state index contributed by atoms with van der Waals surface area (Å²) in [5.74, 6) is -7.25. The minimum Gasteiger partial charge on any atom is -0.508 e. The van der Waals surface area contributed by atoms with Crippen LogP contribution < -0.4 is 11.1 Å². The average molecular weight is 645 g/mol. The molecule has 1 heterocycles. The Kier molecular flexibility index (Phi) is 8.45. The van der Waals surface area contributed by atoms with Gasteiger partial charge in [0.15, 0.2) is 11.4 Å². The molecule has 4 atom stereocenters. The predicted molar refractivity (Wildman–Crippen MR) is 172 cm³/mol. The van der Waals surface area contributed by atoms with Gasteiger partial charge in [0.25, 0.3) is 11.8 Å². The molecule has 7 N–H and O–H groups in total. The number of piperidine rings is 1. The number of carbonyl (C=O) groups excluding carboxylic acids is 4. The lowest BCUT2D eigenvalue weighted by Gasteiger charge is -2.50. The van der Waals surface area contributed by atoms with Gasteiger partial charge in [-0.2, -0.15) is 0 Å². The van der Waals surface area contributed by atoms with Gasteiger partial charge in [0.05, 0.1) is 11.6 Å². The van der Waals surface area contributed by atoms with Crippen molar-refractivity contribution in [2.45, 2.75) is 43.7 Å². The number of rotatable bonds is 7. The molecule has 12 nitrogen and oxygen atoms in total. The molecule has 12 heteroatoms. The molecule has 2 fully saturated rings. The number of phenols is 1. The molecule has 6 rings (SSSR count). The van der Waals surface area contributed by atoms with Gasteiger partial charge < -0.3 is 36.4 Å². The maximum absolute atomic E-state index is 14.1. The van der Waals surface area contributed by atoms with E-state index < -0.39 is 58.0 Å². The summed E-state index contributed by atoms with van der Waals surface area (Å²) in [4.78, 5) is 56.5. The highest BCUT2D eigenvalue weighted by atomic mass is 16.3. The zero-order chi connectivity index (χ0) is 33.8. The summed E-state index contributed by atoms with van der Waals surface area (Å²) in [6.45, 7) is 3.36. The first-order chi connectivity index (χ1) is 22.4. The number of aliphatic hydroxyl groups excluding tert-OH is 2. The van der Waals surface area contributed by atoms with Gasteiger partial charge in [-0.3, -0.25) is 24.1 Å². The fourth-order valence-electron chi connectivity index (χ4n) is 7.96. The maximum Gasteiger partial charge on any atom is 0.255 e. The molecule has 2 amide bonds. The number of hydrogen-bond donors (Lipinski definition) is 6. The van der Waals surface area contributed by atoms with Gasteiger partial charge in [-0.25, -0.2) is 0 Å². The van der Waals surface area contributed by atoms with E-state index in [9.17, 15) is 39.6 Å². The first-order valence-corrected chi connectivity index (χ1v) is 16.0. The van der Waals surface area contributed by atoms with Crippen LogP contribution in [-0.2, 0) is 20.8 Å². The lowest BCUT2D eigenvalue weighted by molar-refractivity contribution is -0.153.